The molecule has 1 aliphatic carbocycles. The monoisotopic (exact) mass is 382 g/mol. The minimum atomic E-state index is -0.864. The first kappa shape index (κ1) is 20.6. The van der Waals surface area contributed by atoms with E-state index >= 15 is 0 Å². The fourth-order valence-electron chi connectivity index (χ4n) is 3.18. The maximum absolute atomic E-state index is 12.8. The second-order valence-corrected chi connectivity index (χ2v) is 8.68. The van der Waals surface area contributed by atoms with E-state index in [1.54, 1.807) is 0 Å². The number of nitrogens with zero attached hydrogens (tertiary/aromatic N) is 3. The summed E-state index contributed by atoms with van der Waals surface area (Å²) in [5.74, 6) is 0.412. The minimum Gasteiger partial charge on any atom is -0.481 e. The van der Waals surface area contributed by atoms with Crippen molar-refractivity contribution in [1.82, 2.24) is 15.1 Å². The van der Waals surface area contributed by atoms with Crippen molar-refractivity contribution in [2.24, 2.45) is 11.8 Å². The Morgan fingerprint density at radius 1 is 1.27 bits per heavy atom. The third kappa shape index (κ3) is 6.55. The second-order valence-electron chi connectivity index (χ2n) is 7.61. The maximum Gasteiger partial charge on any atom is 0.323 e. The largest absolute Gasteiger partial charge is 0.481 e. The van der Waals surface area contributed by atoms with Gasteiger partial charge in [0, 0.05) is 19.0 Å². The summed E-state index contributed by atoms with van der Waals surface area (Å²) in [7, 11) is 0. The van der Waals surface area contributed by atoms with Crippen LogP contribution < -0.4 is 5.32 Å². The first-order chi connectivity index (χ1) is 12.3. The molecule has 26 heavy (non-hydrogen) atoms. The van der Waals surface area contributed by atoms with Gasteiger partial charge in [0.2, 0.25) is 5.13 Å². The predicted molar refractivity (Wildman–Crippen MR) is 102 cm³/mol. The number of carbonyl (C=O) groups excluding carboxylic acids is 1. The van der Waals surface area contributed by atoms with Crippen LogP contribution in [0.2, 0.25) is 0 Å². The van der Waals surface area contributed by atoms with Crippen LogP contribution in [0, 0.1) is 11.8 Å². The van der Waals surface area contributed by atoms with Crippen molar-refractivity contribution in [2.45, 2.75) is 71.8 Å². The fourth-order valence-corrected chi connectivity index (χ4v) is 3.91. The Balaban J connectivity index is 1.97. The molecule has 0 saturated heterocycles. The summed E-state index contributed by atoms with van der Waals surface area (Å²) in [5.41, 5.74) is 0. The predicted octanol–water partition coefficient (Wildman–Crippen LogP) is 4.01. The molecule has 0 unspecified atom stereocenters. The van der Waals surface area contributed by atoms with Gasteiger partial charge >= 0.3 is 12.0 Å². The van der Waals surface area contributed by atoms with Crippen molar-refractivity contribution in [2.75, 3.05) is 11.9 Å². The van der Waals surface area contributed by atoms with E-state index in [9.17, 15) is 9.59 Å². The van der Waals surface area contributed by atoms with Crippen LogP contribution in [0.25, 0.3) is 0 Å². The number of anilines is 1. The molecule has 0 aromatic carbocycles. The summed E-state index contributed by atoms with van der Waals surface area (Å²) in [5, 5.41) is 20.6. The number of aromatic nitrogens is 2. The first-order valence-electron chi connectivity index (χ1n) is 9.47. The molecule has 1 saturated carbocycles. The van der Waals surface area contributed by atoms with Crippen molar-refractivity contribution in [1.29, 1.82) is 0 Å². The summed E-state index contributed by atoms with van der Waals surface area (Å²) in [6.45, 7) is 7.35. The van der Waals surface area contributed by atoms with Crippen LogP contribution in [0.3, 0.4) is 0 Å². The van der Waals surface area contributed by atoms with E-state index in [1.165, 1.54) is 11.3 Å². The highest BCUT2D eigenvalue weighted by atomic mass is 32.1. The average Bonchev–Trinajstić information content (AvgIpc) is 3.02. The number of nitrogens with one attached hydrogen (secondary N) is 1. The topological polar surface area (TPSA) is 95.4 Å². The number of hydrogen-bond acceptors (Lipinski definition) is 5. The quantitative estimate of drug-likeness (QED) is 0.708. The maximum atomic E-state index is 12.8. The smallest absolute Gasteiger partial charge is 0.323 e. The van der Waals surface area contributed by atoms with Gasteiger partial charge in [0.05, 0.1) is 6.42 Å². The second kappa shape index (κ2) is 9.85. The average molecular weight is 383 g/mol. The Morgan fingerprint density at radius 3 is 2.58 bits per heavy atom. The molecular weight excluding hydrogens is 352 g/mol. The Hall–Kier alpha value is -1.70. The normalized spacial score (nSPS) is 20.2. The van der Waals surface area contributed by atoms with E-state index in [2.05, 4.69) is 36.3 Å². The summed E-state index contributed by atoms with van der Waals surface area (Å²) >= 11 is 1.25. The van der Waals surface area contributed by atoms with Gasteiger partial charge < -0.3 is 10.0 Å². The lowest BCUT2D eigenvalue weighted by molar-refractivity contribution is -0.136. The highest BCUT2D eigenvalue weighted by molar-refractivity contribution is 7.15. The number of rotatable bonds is 8. The standard InChI is InChI=1S/C18H30N4O3S/c1-12(2)10-11-22(14-6-4-13(3)5-7-14)18(25)19-17-21-20-15(26-17)8-9-16(23)24/h12-14H,4-11H2,1-3H3,(H,23,24)(H,19,21,25)/t13-,14-. The molecule has 0 spiro atoms. The molecule has 1 heterocycles. The zero-order valence-electron chi connectivity index (χ0n) is 15.9. The van der Waals surface area contributed by atoms with Gasteiger partial charge in [-0.15, -0.1) is 10.2 Å². The van der Waals surface area contributed by atoms with Crippen LogP contribution in [-0.4, -0.2) is 44.8 Å². The van der Waals surface area contributed by atoms with Crippen LogP contribution in [0.4, 0.5) is 9.93 Å². The number of aryl methyl sites for hydroxylation is 1. The zero-order chi connectivity index (χ0) is 19.1. The van der Waals surface area contributed by atoms with Crippen molar-refractivity contribution in [3.63, 3.8) is 0 Å². The lowest BCUT2D eigenvalue weighted by Gasteiger charge is -2.36. The van der Waals surface area contributed by atoms with E-state index < -0.39 is 5.97 Å². The molecule has 1 aromatic rings. The SMILES string of the molecule is CC(C)CCN(C(=O)Nc1nnc(CCC(=O)O)s1)[C@H]1CC[C@H](C)CC1. The molecule has 146 valence electrons. The molecule has 0 aliphatic heterocycles. The van der Waals surface area contributed by atoms with Crippen molar-refractivity contribution >= 4 is 28.5 Å². The van der Waals surface area contributed by atoms with Gasteiger partial charge in [0.1, 0.15) is 5.01 Å². The van der Waals surface area contributed by atoms with Gasteiger partial charge in [0.15, 0.2) is 0 Å². The van der Waals surface area contributed by atoms with Crippen LogP contribution in [0.1, 0.15) is 64.3 Å². The van der Waals surface area contributed by atoms with E-state index in [-0.39, 0.29) is 18.5 Å². The number of aliphatic carboxylic acids is 1. The van der Waals surface area contributed by atoms with E-state index in [0.29, 0.717) is 22.5 Å². The van der Waals surface area contributed by atoms with Crippen molar-refractivity contribution in [3.05, 3.63) is 5.01 Å². The van der Waals surface area contributed by atoms with Gasteiger partial charge in [-0.25, -0.2) is 4.79 Å². The van der Waals surface area contributed by atoms with Crippen LogP contribution in [0.5, 0.6) is 0 Å². The molecule has 2 N–H and O–H groups in total. The zero-order valence-corrected chi connectivity index (χ0v) is 16.7. The summed E-state index contributed by atoms with van der Waals surface area (Å²) < 4.78 is 0. The lowest BCUT2D eigenvalue weighted by Crippen LogP contribution is -2.45. The lowest BCUT2D eigenvalue weighted by atomic mass is 9.86. The summed E-state index contributed by atoms with van der Waals surface area (Å²) in [6.07, 6.45) is 5.74. The van der Waals surface area contributed by atoms with Gasteiger partial charge in [-0.2, -0.15) is 0 Å². The third-order valence-electron chi connectivity index (χ3n) is 4.87. The molecule has 0 radical (unpaired) electrons. The highest BCUT2D eigenvalue weighted by Crippen LogP contribution is 2.28. The van der Waals surface area contributed by atoms with Crippen LogP contribution >= 0.6 is 11.3 Å². The number of hydrogen-bond donors (Lipinski definition) is 2. The molecule has 7 nitrogen and oxygen atoms in total. The minimum absolute atomic E-state index is 0.0172. The molecule has 2 rings (SSSR count). The van der Waals surface area contributed by atoms with Crippen LogP contribution in [0.15, 0.2) is 0 Å². The number of urea groups is 1. The van der Waals surface area contributed by atoms with E-state index in [1.807, 2.05) is 4.90 Å². The molecule has 2 amide bonds. The molecule has 1 fully saturated rings. The van der Waals surface area contributed by atoms with Gasteiger partial charge in [0.25, 0.3) is 0 Å². The fraction of sp³-hybridized carbons (Fsp3) is 0.778. The Labute approximate surface area is 159 Å². The van der Waals surface area contributed by atoms with Gasteiger partial charge in [-0.1, -0.05) is 32.1 Å². The van der Waals surface area contributed by atoms with Gasteiger partial charge in [-0.3, -0.25) is 10.1 Å². The number of carboxylic acid groups (broad SMARTS) is 1. The van der Waals surface area contributed by atoms with E-state index in [4.69, 9.17) is 5.11 Å². The van der Waals surface area contributed by atoms with Crippen LogP contribution in [-0.2, 0) is 11.2 Å². The van der Waals surface area contributed by atoms with Gasteiger partial charge in [-0.05, 0) is 43.9 Å². The summed E-state index contributed by atoms with van der Waals surface area (Å²) in [6, 6.07) is 0.162. The highest BCUT2D eigenvalue weighted by Gasteiger charge is 2.28. The molecule has 1 aliphatic rings. The molecule has 0 bridgehead atoms. The number of amides is 2. The Morgan fingerprint density at radius 2 is 1.96 bits per heavy atom. The Kier molecular flexibility index (Phi) is 7.81. The van der Waals surface area contributed by atoms with Crippen molar-refractivity contribution in [3.8, 4) is 0 Å². The molecule has 1 aromatic heterocycles. The summed E-state index contributed by atoms with van der Waals surface area (Å²) in [4.78, 5) is 25.5. The molecular formula is C18H30N4O3S. The first-order valence-corrected chi connectivity index (χ1v) is 10.3. The van der Waals surface area contributed by atoms with E-state index in [0.717, 1.165) is 44.6 Å². The van der Waals surface area contributed by atoms with Crippen molar-refractivity contribution < 1.29 is 14.7 Å². The Bertz CT molecular complexity index is 597. The number of carboxylic acids is 1. The molecule has 8 heteroatoms. The third-order valence-corrected chi connectivity index (χ3v) is 5.77. The molecule has 0 atom stereocenters. The number of carbonyl (C=O) groups is 2.